The van der Waals surface area contributed by atoms with Gasteiger partial charge in [0.25, 0.3) is 5.91 Å². The monoisotopic (exact) mass is 556 g/mol. The minimum atomic E-state index is -0.522. The van der Waals surface area contributed by atoms with Crippen molar-refractivity contribution < 1.29 is 27.9 Å². The predicted octanol–water partition coefficient (Wildman–Crippen LogP) is 4.29. The van der Waals surface area contributed by atoms with Crippen molar-refractivity contribution in [1.82, 2.24) is 15.2 Å². The van der Waals surface area contributed by atoms with Crippen molar-refractivity contribution in [2.24, 2.45) is 5.73 Å². The fourth-order valence-electron chi connectivity index (χ4n) is 5.27. The maximum Gasteiger partial charge on any atom is 0.276 e. The summed E-state index contributed by atoms with van der Waals surface area (Å²) in [5.41, 5.74) is 9.22. The Morgan fingerprint density at radius 2 is 2.02 bits per heavy atom. The van der Waals surface area contributed by atoms with Gasteiger partial charge in [-0.25, -0.2) is 9.37 Å². The quantitative estimate of drug-likeness (QED) is 0.378. The van der Waals surface area contributed by atoms with Gasteiger partial charge in [-0.3, -0.25) is 9.59 Å². The Bertz CT molecular complexity index is 1600. The number of rotatable bonds is 2. The average Bonchev–Trinajstić information content (AvgIpc) is 3.47. The van der Waals surface area contributed by atoms with E-state index in [0.717, 1.165) is 16.7 Å². The van der Waals surface area contributed by atoms with Gasteiger partial charge in [0, 0.05) is 13.1 Å². The van der Waals surface area contributed by atoms with Gasteiger partial charge in [0.15, 0.2) is 17.3 Å². The summed E-state index contributed by atoms with van der Waals surface area (Å²) in [6.07, 6.45) is 2.59. The fourth-order valence-corrected chi connectivity index (χ4v) is 5.27. The number of halogens is 1. The van der Waals surface area contributed by atoms with E-state index < -0.39 is 11.9 Å². The molecule has 3 aliphatic rings. The number of ether oxygens (including phenoxy) is 2. The smallest absolute Gasteiger partial charge is 0.276 e. The highest BCUT2D eigenvalue weighted by Crippen LogP contribution is 2.39. The van der Waals surface area contributed by atoms with Crippen LogP contribution in [0.2, 0.25) is 0 Å². The van der Waals surface area contributed by atoms with Crippen molar-refractivity contribution in [3.63, 3.8) is 0 Å². The standard InChI is InChI=1S/C31H29FN4O5/c32-25-8-5-19-13-27(25)41-23-6-7-24-20(15-23)9-11-36(31(38)26-18-40-29(17-33)35-26)30(24)21-3-1-4-22(16-21)39-12-2-10-34-28(37)14-19/h1,3-8,13,15-16,18,30H,2,9-12,14,17,33H2,(H,34,37). The van der Waals surface area contributed by atoms with E-state index in [0.29, 0.717) is 49.6 Å². The molecule has 0 aliphatic carbocycles. The molecule has 3 N–H and O–H groups in total. The van der Waals surface area contributed by atoms with E-state index in [1.54, 1.807) is 23.1 Å². The number of carbonyl (C=O) groups is 2. The molecule has 0 saturated heterocycles. The molecule has 0 spiro atoms. The molecule has 1 aromatic heterocycles. The number of aromatic nitrogens is 1. The molecule has 1 atom stereocenters. The molecule has 41 heavy (non-hydrogen) atoms. The van der Waals surface area contributed by atoms with E-state index in [2.05, 4.69) is 10.3 Å². The molecule has 0 fully saturated rings. The summed E-state index contributed by atoms with van der Waals surface area (Å²) >= 11 is 0. The van der Waals surface area contributed by atoms with E-state index in [9.17, 15) is 14.0 Å². The average molecular weight is 557 g/mol. The number of nitrogens with one attached hydrogen (secondary N) is 1. The first-order valence-electron chi connectivity index (χ1n) is 13.5. The summed E-state index contributed by atoms with van der Waals surface area (Å²) < 4.78 is 32.0. The van der Waals surface area contributed by atoms with Crippen LogP contribution in [0.4, 0.5) is 4.39 Å². The minimum absolute atomic E-state index is 0.0418. The third kappa shape index (κ3) is 5.64. The molecule has 210 valence electrons. The third-order valence-electron chi connectivity index (χ3n) is 7.22. The Labute approximate surface area is 236 Å². The lowest BCUT2D eigenvalue weighted by atomic mass is 9.87. The van der Waals surface area contributed by atoms with Crippen LogP contribution in [-0.2, 0) is 24.2 Å². The molecule has 3 aliphatic heterocycles. The van der Waals surface area contributed by atoms with Crippen molar-refractivity contribution in [2.45, 2.75) is 31.8 Å². The molecule has 4 heterocycles. The number of benzene rings is 3. The van der Waals surface area contributed by atoms with Crippen molar-refractivity contribution in [3.8, 4) is 17.2 Å². The minimum Gasteiger partial charge on any atom is -0.494 e. The Hall–Kier alpha value is -4.70. The maximum absolute atomic E-state index is 14.7. The van der Waals surface area contributed by atoms with E-state index in [1.165, 1.54) is 12.3 Å². The molecule has 0 saturated carbocycles. The van der Waals surface area contributed by atoms with Crippen LogP contribution < -0.4 is 20.5 Å². The highest BCUT2D eigenvalue weighted by molar-refractivity contribution is 5.93. The van der Waals surface area contributed by atoms with Crippen LogP contribution in [0.3, 0.4) is 0 Å². The van der Waals surface area contributed by atoms with E-state index in [4.69, 9.17) is 19.6 Å². The van der Waals surface area contributed by atoms with E-state index in [-0.39, 0.29) is 42.1 Å². The van der Waals surface area contributed by atoms with Crippen molar-refractivity contribution in [3.05, 3.63) is 107 Å². The van der Waals surface area contributed by atoms with Crippen molar-refractivity contribution >= 4 is 11.8 Å². The first-order valence-corrected chi connectivity index (χ1v) is 13.5. The number of nitrogens with two attached hydrogens (primary N) is 1. The number of oxazole rings is 1. The molecule has 2 amide bonds. The molecular weight excluding hydrogens is 527 g/mol. The number of fused-ring (bicyclic) bond motifs is 7. The van der Waals surface area contributed by atoms with Crippen LogP contribution in [0.15, 0.2) is 71.3 Å². The van der Waals surface area contributed by atoms with Crippen LogP contribution >= 0.6 is 0 Å². The van der Waals surface area contributed by atoms with Crippen LogP contribution in [0.5, 0.6) is 17.2 Å². The number of nitrogens with zero attached hydrogens (tertiary/aromatic N) is 2. The van der Waals surface area contributed by atoms with Crippen LogP contribution in [0.25, 0.3) is 0 Å². The van der Waals surface area contributed by atoms with Gasteiger partial charge in [-0.2, -0.15) is 0 Å². The molecule has 3 aromatic carbocycles. The predicted molar refractivity (Wildman–Crippen MR) is 147 cm³/mol. The van der Waals surface area contributed by atoms with Gasteiger partial charge in [0.05, 0.1) is 25.6 Å². The lowest BCUT2D eigenvalue weighted by Crippen LogP contribution is -2.40. The first-order chi connectivity index (χ1) is 20.0. The summed E-state index contributed by atoms with van der Waals surface area (Å²) in [6, 6.07) is 17.2. The van der Waals surface area contributed by atoms with Gasteiger partial charge in [-0.1, -0.05) is 24.3 Å². The SMILES string of the molecule is NCc1nc(C(=O)N2CCc3cc4ccc3C2c2cccc(c2)OCCCNC(=O)Cc2ccc(F)c(c2)O4)co1. The molecule has 1 unspecified atom stereocenters. The lowest BCUT2D eigenvalue weighted by molar-refractivity contribution is -0.120. The number of carbonyl (C=O) groups excluding carboxylic acids is 2. The largest absolute Gasteiger partial charge is 0.494 e. The molecule has 7 rings (SSSR count). The molecule has 10 heteroatoms. The summed E-state index contributed by atoms with van der Waals surface area (Å²) in [5.74, 6) is 0.482. The van der Waals surface area contributed by atoms with Gasteiger partial charge < -0.3 is 29.8 Å². The van der Waals surface area contributed by atoms with Gasteiger partial charge in [-0.15, -0.1) is 0 Å². The second kappa shape index (κ2) is 11.4. The van der Waals surface area contributed by atoms with Crippen molar-refractivity contribution in [2.75, 3.05) is 19.7 Å². The summed E-state index contributed by atoms with van der Waals surface area (Å²) in [7, 11) is 0. The zero-order valence-electron chi connectivity index (χ0n) is 22.3. The maximum atomic E-state index is 14.7. The van der Waals surface area contributed by atoms with Gasteiger partial charge in [-0.05, 0) is 71.5 Å². The summed E-state index contributed by atoms with van der Waals surface area (Å²) in [4.78, 5) is 32.2. The van der Waals surface area contributed by atoms with Crippen LogP contribution in [0, 0.1) is 5.82 Å². The fraction of sp³-hybridized carbons (Fsp3) is 0.258. The van der Waals surface area contributed by atoms with Crippen molar-refractivity contribution in [1.29, 1.82) is 0 Å². The first kappa shape index (κ1) is 26.5. The number of amides is 2. The molecule has 0 radical (unpaired) electrons. The van der Waals surface area contributed by atoms with E-state index >= 15 is 0 Å². The molecule has 4 aromatic rings. The third-order valence-corrected chi connectivity index (χ3v) is 7.22. The van der Waals surface area contributed by atoms with Crippen LogP contribution in [0.1, 0.15) is 51.1 Å². The van der Waals surface area contributed by atoms with E-state index in [1.807, 2.05) is 36.4 Å². The summed E-state index contributed by atoms with van der Waals surface area (Å²) in [5, 5.41) is 2.88. The highest BCUT2D eigenvalue weighted by atomic mass is 19.1. The zero-order chi connectivity index (χ0) is 28.3. The molecular formula is C31H29FN4O5. The van der Waals surface area contributed by atoms with Gasteiger partial charge in [0.1, 0.15) is 17.8 Å². The normalized spacial score (nSPS) is 17.0. The molecule has 9 nitrogen and oxygen atoms in total. The summed E-state index contributed by atoms with van der Waals surface area (Å²) in [6.45, 7) is 1.33. The Morgan fingerprint density at radius 1 is 1.12 bits per heavy atom. The number of hydrogen-bond acceptors (Lipinski definition) is 7. The second-order valence-corrected chi connectivity index (χ2v) is 10.0. The van der Waals surface area contributed by atoms with Gasteiger partial charge >= 0.3 is 0 Å². The highest BCUT2D eigenvalue weighted by Gasteiger charge is 2.34. The van der Waals surface area contributed by atoms with Gasteiger partial charge in [0.2, 0.25) is 11.8 Å². The Balaban J connectivity index is 1.41. The Kier molecular flexibility index (Phi) is 7.39. The Morgan fingerprint density at radius 3 is 2.88 bits per heavy atom. The topological polar surface area (TPSA) is 120 Å². The van der Waals surface area contributed by atoms with Crippen LogP contribution in [-0.4, -0.2) is 41.4 Å². The lowest BCUT2D eigenvalue weighted by Gasteiger charge is -2.37. The molecule has 8 bridgehead atoms. The number of hydrogen-bond donors (Lipinski definition) is 2. The second-order valence-electron chi connectivity index (χ2n) is 10.0. The zero-order valence-corrected chi connectivity index (χ0v) is 22.3.